The second kappa shape index (κ2) is 4.47. The van der Waals surface area contributed by atoms with Gasteiger partial charge in [-0.15, -0.1) is 5.10 Å². The molecule has 0 aliphatic heterocycles. The average Bonchev–Trinajstić information content (AvgIpc) is 2.89. The topological polar surface area (TPSA) is 93.0 Å². The maximum atomic E-state index is 11.5. The fraction of sp³-hybridized carbons (Fsp3) is 0.222. The number of aromatic amines is 1. The highest BCUT2D eigenvalue weighted by Crippen LogP contribution is 2.08. The van der Waals surface area contributed by atoms with Gasteiger partial charge in [-0.05, 0) is 13.0 Å². The van der Waals surface area contributed by atoms with Gasteiger partial charge in [0.1, 0.15) is 6.26 Å². The zero-order chi connectivity index (χ0) is 11.4. The van der Waals surface area contributed by atoms with Crippen molar-refractivity contribution in [2.24, 2.45) is 0 Å². The van der Waals surface area contributed by atoms with E-state index < -0.39 is 0 Å². The molecule has 16 heavy (non-hydrogen) atoms. The van der Waals surface area contributed by atoms with Crippen LogP contribution in [0.4, 0.5) is 5.95 Å². The van der Waals surface area contributed by atoms with Crippen LogP contribution in [0.5, 0.6) is 6.01 Å². The molecule has 0 aromatic carbocycles. The van der Waals surface area contributed by atoms with Crippen molar-refractivity contribution in [3.63, 3.8) is 0 Å². The van der Waals surface area contributed by atoms with Crippen LogP contribution in [0.15, 0.2) is 23.0 Å². The summed E-state index contributed by atoms with van der Waals surface area (Å²) in [5, 5.41) is 8.79. The summed E-state index contributed by atoms with van der Waals surface area (Å²) >= 11 is 0. The fourth-order valence-electron chi connectivity index (χ4n) is 1.07. The maximum absolute atomic E-state index is 11.5. The van der Waals surface area contributed by atoms with E-state index in [0.29, 0.717) is 12.2 Å². The maximum Gasteiger partial charge on any atom is 0.337 e. The average molecular weight is 222 g/mol. The number of nitrogens with zero attached hydrogens (tertiary/aromatic N) is 2. The predicted octanol–water partition coefficient (Wildman–Crippen LogP) is 1.05. The number of nitrogens with one attached hydrogen (secondary N) is 2. The highest BCUT2D eigenvalue weighted by atomic mass is 16.5. The number of ether oxygens (including phenoxy) is 1. The molecule has 0 spiro atoms. The zero-order valence-corrected chi connectivity index (χ0v) is 8.56. The molecular formula is C9H10N4O3. The van der Waals surface area contributed by atoms with Crippen LogP contribution >= 0.6 is 0 Å². The van der Waals surface area contributed by atoms with E-state index in [4.69, 9.17) is 9.15 Å². The third-order valence-corrected chi connectivity index (χ3v) is 1.75. The summed E-state index contributed by atoms with van der Waals surface area (Å²) in [6.07, 6.45) is 2.76. The van der Waals surface area contributed by atoms with Gasteiger partial charge in [-0.25, -0.2) is 5.10 Å². The molecule has 0 saturated carbocycles. The lowest BCUT2D eigenvalue weighted by Gasteiger charge is -1.96. The highest BCUT2D eigenvalue weighted by molar-refractivity contribution is 6.02. The van der Waals surface area contributed by atoms with Crippen molar-refractivity contribution in [1.29, 1.82) is 0 Å². The number of carbonyl (C=O) groups is 1. The van der Waals surface area contributed by atoms with Crippen molar-refractivity contribution in [2.45, 2.75) is 6.92 Å². The third kappa shape index (κ3) is 2.19. The molecule has 2 aromatic heterocycles. The lowest BCUT2D eigenvalue weighted by molar-refractivity contribution is 0.102. The van der Waals surface area contributed by atoms with Crippen LogP contribution in [0.1, 0.15) is 17.3 Å². The largest absolute Gasteiger partial charge is 0.472 e. The molecule has 0 unspecified atom stereocenters. The number of carbonyl (C=O) groups excluding carboxylic acids is 1. The van der Waals surface area contributed by atoms with Gasteiger partial charge in [0.25, 0.3) is 5.91 Å². The van der Waals surface area contributed by atoms with Gasteiger partial charge in [0, 0.05) is 0 Å². The summed E-state index contributed by atoms with van der Waals surface area (Å²) in [4.78, 5) is 15.4. The summed E-state index contributed by atoms with van der Waals surface area (Å²) in [7, 11) is 0. The second-order valence-electron chi connectivity index (χ2n) is 2.87. The highest BCUT2D eigenvalue weighted by Gasteiger charge is 2.10. The molecule has 0 fully saturated rings. The number of furan rings is 1. The van der Waals surface area contributed by atoms with Crippen LogP contribution in [-0.2, 0) is 0 Å². The van der Waals surface area contributed by atoms with Crippen LogP contribution in [0.3, 0.4) is 0 Å². The van der Waals surface area contributed by atoms with Gasteiger partial charge < -0.3 is 9.15 Å². The van der Waals surface area contributed by atoms with Crippen molar-refractivity contribution in [3.8, 4) is 6.01 Å². The van der Waals surface area contributed by atoms with Gasteiger partial charge >= 0.3 is 6.01 Å². The van der Waals surface area contributed by atoms with Crippen molar-refractivity contribution in [3.05, 3.63) is 24.2 Å². The Labute approximate surface area is 90.8 Å². The first-order valence-corrected chi connectivity index (χ1v) is 4.68. The smallest absolute Gasteiger partial charge is 0.337 e. The molecule has 7 heteroatoms. The SMILES string of the molecule is CCOc1n[nH]c(NC(=O)c2ccoc2)n1. The number of aromatic nitrogens is 3. The van der Waals surface area contributed by atoms with Crippen LogP contribution in [0.2, 0.25) is 0 Å². The molecule has 0 saturated heterocycles. The van der Waals surface area contributed by atoms with E-state index in [-0.39, 0.29) is 17.9 Å². The van der Waals surface area contributed by atoms with Crippen LogP contribution in [-0.4, -0.2) is 27.7 Å². The van der Waals surface area contributed by atoms with E-state index in [0.717, 1.165) is 0 Å². The molecule has 2 heterocycles. The molecule has 2 rings (SSSR count). The summed E-state index contributed by atoms with van der Waals surface area (Å²) in [5.41, 5.74) is 0.411. The second-order valence-corrected chi connectivity index (χ2v) is 2.87. The summed E-state index contributed by atoms with van der Waals surface area (Å²) < 4.78 is 9.82. The number of H-pyrrole nitrogens is 1. The molecule has 7 nitrogen and oxygen atoms in total. The van der Waals surface area contributed by atoms with Crippen molar-refractivity contribution < 1.29 is 13.9 Å². The summed E-state index contributed by atoms with van der Waals surface area (Å²) in [6.45, 7) is 2.28. The molecule has 0 aliphatic carbocycles. The van der Waals surface area contributed by atoms with E-state index in [9.17, 15) is 4.79 Å². The first-order chi connectivity index (χ1) is 7.79. The van der Waals surface area contributed by atoms with Crippen molar-refractivity contribution in [2.75, 3.05) is 11.9 Å². The van der Waals surface area contributed by atoms with Gasteiger partial charge in [0.2, 0.25) is 5.95 Å². The fourth-order valence-corrected chi connectivity index (χ4v) is 1.07. The van der Waals surface area contributed by atoms with E-state index >= 15 is 0 Å². The molecule has 0 atom stereocenters. The Bertz CT molecular complexity index is 463. The van der Waals surface area contributed by atoms with E-state index in [1.165, 1.54) is 12.5 Å². The number of amides is 1. The van der Waals surface area contributed by atoms with Crippen molar-refractivity contribution >= 4 is 11.9 Å². The van der Waals surface area contributed by atoms with Gasteiger partial charge in [-0.3, -0.25) is 10.1 Å². The number of anilines is 1. The minimum absolute atomic E-state index is 0.199. The monoisotopic (exact) mass is 222 g/mol. The van der Waals surface area contributed by atoms with Crippen molar-refractivity contribution in [1.82, 2.24) is 15.2 Å². The minimum Gasteiger partial charge on any atom is -0.472 e. The normalized spacial score (nSPS) is 10.1. The summed E-state index contributed by atoms with van der Waals surface area (Å²) in [6, 6.07) is 1.75. The molecule has 84 valence electrons. The third-order valence-electron chi connectivity index (χ3n) is 1.75. The zero-order valence-electron chi connectivity index (χ0n) is 8.56. The quantitative estimate of drug-likeness (QED) is 0.806. The Morgan fingerprint density at radius 1 is 1.69 bits per heavy atom. The molecule has 2 N–H and O–H groups in total. The first kappa shape index (κ1) is 10.2. The van der Waals surface area contributed by atoms with E-state index in [2.05, 4.69) is 20.5 Å². The van der Waals surface area contributed by atoms with E-state index in [1.807, 2.05) is 6.92 Å². The van der Waals surface area contributed by atoms with Gasteiger partial charge in [-0.1, -0.05) is 0 Å². The number of rotatable bonds is 4. The van der Waals surface area contributed by atoms with Gasteiger partial charge in [0.15, 0.2) is 0 Å². The molecular weight excluding hydrogens is 212 g/mol. The van der Waals surface area contributed by atoms with Gasteiger partial charge in [0.05, 0.1) is 18.4 Å². The molecule has 0 radical (unpaired) electrons. The Kier molecular flexibility index (Phi) is 2.86. The summed E-state index contributed by atoms with van der Waals surface area (Å²) in [5.74, 6) is -0.0948. The van der Waals surface area contributed by atoms with Crippen LogP contribution in [0, 0.1) is 0 Å². The lowest BCUT2D eigenvalue weighted by atomic mass is 10.3. The molecule has 0 bridgehead atoms. The Hall–Kier alpha value is -2.31. The Morgan fingerprint density at radius 2 is 2.56 bits per heavy atom. The molecule has 0 aliphatic rings. The Morgan fingerprint density at radius 3 is 3.25 bits per heavy atom. The molecule has 2 aromatic rings. The number of hydrogen-bond acceptors (Lipinski definition) is 5. The first-order valence-electron chi connectivity index (χ1n) is 4.68. The van der Waals surface area contributed by atoms with Crippen LogP contribution < -0.4 is 10.1 Å². The standard InChI is InChI=1S/C9H10N4O3/c1-2-16-9-11-8(12-13-9)10-7(14)6-3-4-15-5-6/h3-5H,2H2,1H3,(H2,10,11,12,13,14). The van der Waals surface area contributed by atoms with Gasteiger partial charge in [-0.2, -0.15) is 4.98 Å². The predicted molar refractivity (Wildman–Crippen MR) is 54.2 cm³/mol. The van der Waals surface area contributed by atoms with E-state index in [1.54, 1.807) is 6.07 Å². The molecule has 1 amide bonds. The Balaban J connectivity index is 2.01. The van der Waals surface area contributed by atoms with Crippen LogP contribution in [0.25, 0.3) is 0 Å². The minimum atomic E-state index is -0.326. The lowest BCUT2D eigenvalue weighted by Crippen LogP contribution is -2.11. The number of hydrogen-bond donors (Lipinski definition) is 2.